The van der Waals surface area contributed by atoms with Crippen molar-refractivity contribution in [2.75, 3.05) is 7.11 Å². The first kappa shape index (κ1) is 25.1. The normalized spacial score (nSPS) is 40.0. The van der Waals surface area contributed by atoms with Gasteiger partial charge in [0.15, 0.2) is 0 Å². The minimum absolute atomic E-state index is 0.404. The summed E-state index contributed by atoms with van der Waals surface area (Å²) in [6, 6.07) is 0. The average molecular weight is 429 g/mol. The van der Waals surface area contributed by atoms with Crippen molar-refractivity contribution in [2.45, 2.75) is 119 Å². The lowest BCUT2D eigenvalue weighted by Gasteiger charge is -2.55. The Labute approximate surface area is 194 Å². The van der Waals surface area contributed by atoms with Gasteiger partial charge in [-0.15, -0.1) is 0 Å². The molecule has 0 saturated heterocycles. The Morgan fingerprint density at radius 3 is 2.35 bits per heavy atom. The standard InChI is InChI=1S/C28H46O.C2H6/c1-19(2)8-7-9-20(3)24-12-13-25-23-11-10-21-18-22(29-6)14-16-27(21,4)26(23)15-17-28(24,25)5;1-2/h10-11,19-20,22,24-26H,7-9,12-18H2,1-6H3;1-2H3. The molecular formula is C30H52O. The molecule has 7 unspecified atom stereocenters. The fraction of sp³-hybridized carbons (Fsp3) is 0.867. The van der Waals surface area contributed by atoms with Gasteiger partial charge in [0, 0.05) is 7.11 Å². The maximum absolute atomic E-state index is 5.73. The van der Waals surface area contributed by atoms with Gasteiger partial charge in [0.1, 0.15) is 0 Å². The van der Waals surface area contributed by atoms with Gasteiger partial charge in [0.2, 0.25) is 0 Å². The molecule has 0 amide bonds. The summed E-state index contributed by atoms with van der Waals surface area (Å²) < 4.78 is 5.73. The molecule has 0 aliphatic heterocycles. The lowest BCUT2D eigenvalue weighted by atomic mass is 9.50. The second kappa shape index (κ2) is 10.1. The molecule has 0 N–H and O–H groups in total. The summed E-state index contributed by atoms with van der Waals surface area (Å²) in [4.78, 5) is 0. The topological polar surface area (TPSA) is 9.23 Å². The van der Waals surface area contributed by atoms with Gasteiger partial charge in [-0.05, 0) is 85.4 Å². The molecule has 0 bridgehead atoms. The summed E-state index contributed by atoms with van der Waals surface area (Å²) in [6.45, 7) is 16.6. The third-order valence-electron chi connectivity index (χ3n) is 10.1. The van der Waals surface area contributed by atoms with Crippen LogP contribution in [0.5, 0.6) is 0 Å². The highest BCUT2D eigenvalue weighted by atomic mass is 16.5. The van der Waals surface area contributed by atoms with Crippen LogP contribution in [0.1, 0.15) is 113 Å². The first-order valence-corrected chi connectivity index (χ1v) is 13.7. The molecule has 0 radical (unpaired) electrons. The molecule has 3 fully saturated rings. The van der Waals surface area contributed by atoms with Gasteiger partial charge in [-0.3, -0.25) is 0 Å². The van der Waals surface area contributed by atoms with E-state index >= 15 is 0 Å². The maximum Gasteiger partial charge on any atom is 0.0609 e. The van der Waals surface area contributed by atoms with Gasteiger partial charge in [0.05, 0.1) is 6.10 Å². The van der Waals surface area contributed by atoms with Crippen LogP contribution in [0.2, 0.25) is 0 Å². The van der Waals surface area contributed by atoms with Crippen LogP contribution in [0.3, 0.4) is 0 Å². The zero-order chi connectivity index (χ0) is 22.8. The Bertz CT molecular complexity index is 657. The summed E-state index contributed by atoms with van der Waals surface area (Å²) in [5, 5.41) is 0. The van der Waals surface area contributed by atoms with E-state index < -0.39 is 0 Å². The molecule has 0 aromatic carbocycles. The van der Waals surface area contributed by atoms with Gasteiger partial charge in [-0.1, -0.05) is 91.0 Å². The third-order valence-corrected chi connectivity index (χ3v) is 10.1. The number of methoxy groups -OCH3 is 1. The van der Waals surface area contributed by atoms with Gasteiger partial charge < -0.3 is 4.74 Å². The molecule has 0 aromatic rings. The summed E-state index contributed by atoms with van der Waals surface area (Å²) >= 11 is 0. The van der Waals surface area contributed by atoms with Crippen LogP contribution in [0, 0.1) is 40.4 Å². The second-order valence-electron chi connectivity index (χ2n) is 12.0. The van der Waals surface area contributed by atoms with Crippen molar-refractivity contribution < 1.29 is 4.74 Å². The van der Waals surface area contributed by atoms with Crippen molar-refractivity contribution >= 4 is 0 Å². The molecule has 4 aliphatic carbocycles. The molecular weight excluding hydrogens is 376 g/mol. The van der Waals surface area contributed by atoms with Crippen molar-refractivity contribution in [3.63, 3.8) is 0 Å². The summed E-state index contributed by atoms with van der Waals surface area (Å²) in [6.07, 6.45) is 19.3. The highest BCUT2D eigenvalue weighted by molar-refractivity contribution is 5.38. The van der Waals surface area contributed by atoms with Crippen LogP contribution < -0.4 is 0 Å². The summed E-state index contributed by atoms with van der Waals surface area (Å²) in [7, 11) is 1.89. The highest BCUT2D eigenvalue weighted by Crippen LogP contribution is 2.66. The molecule has 7 atom stereocenters. The SMILES string of the molecule is CC.COC1CCC2(C)C(=CC=C3C2CCC2(C)C3CCC2C(C)CCCC(C)C)C1. The Hall–Kier alpha value is -0.560. The number of hydrogen-bond acceptors (Lipinski definition) is 1. The van der Waals surface area contributed by atoms with Gasteiger partial charge in [0.25, 0.3) is 0 Å². The van der Waals surface area contributed by atoms with Crippen LogP contribution in [-0.4, -0.2) is 13.2 Å². The van der Waals surface area contributed by atoms with Crippen LogP contribution in [0.4, 0.5) is 0 Å². The van der Waals surface area contributed by atoms with Gasteiger partial charge in [-0.2, -0.15) is 0 Å². The van der Waals surface area contributed by atoms with Crippen LogP contribution in [0.15, 0.2) is 23.3 Å². The molecule has 0 aromatic heterocycles. The lowest BCUT2D eigenvalue weighted by molar-refractivity contribution is 0.0194. The zero-order valence-electron chi connectivity index (χ0n) is 22.1. The van der Waals surface area contributed by atoms with E-state index in [0.717, 1.165) is 36.0 Å². The molecule has 0 heterocycles. The van der Waals surface area contributed by atoms with E-state index in [9.17, 15) is 0 Å². The molecule has 178 valence electrons. The van der Waals surface area contributed by atoms with E-state index in [0.29, 0.717) is 16.9 Å². The molecule has 4 rings (SSSR count). The minimum Gasteiger partial charge on any atom is -0.381 e. The van der Waals surface area contributed by atoms with Gasteiger partial charge in [-0.25, -0.2) is 0 Å². The van der Waals surface area contributed by atoms with E-state index in [1.165, 1.54) is 57.8 Å². The maximum atomic E-state index is 5.73. The van der Waals surface area contributed by atoms with Crippen LogP contribution in [-0.2, 0) is 4.74 Å². The fourth-order valence-electron chi connectivity index (χ4n) is 8.19. The van der Waals surface area contributed by atoms with Crippen molar-refractivity contribution in [1.29, 1.82) is 0 Å². The average Bonchev–Trinajstić information content (AvgIpc) is 3.11. The van der Waals surface area contributed by atoms with E-state index in [2.05, 4.69) is 46.8 Å². The Morgan fingerprint density at radius 1 is 0.935 bits per heavy atom. The smallest absolute Gasteiger partial charge is 0.0609 e. The van der Waals surface area contributed by atoms with Crippen molar-refractivity contribution in [1.82, 2.24) is 0 Å². The fourth-order valence-corrected chi connectivity index (χ4v) is 8.19. The predicted octanol–water partition coefficient (Wildman–Crippen LogP) is 8.99. The first-order valence-electron chi connectivity index (χ1n) is 13.7. The van der Waals surface area contributed by atoms with Crippen molar-refractivity contribution in [3.8, 4) is 0 Å². The number of rotatable bonds is 6. The largest absolute Gasteiger partial charge is 0.381 e. The quantitative estimate of drug-likeness (QED) is 0.410. The van der Waals surface area contributed by atoms with E-state index in [4.69, 9.17) is 4.74 Å². The van der Waals surface area contributed by atoms with E-state index in [1.54, 1.807) is 5.57 Å². The van der Waals surface area contributed by atoms with Crippen LogP contribution >= 0.6 is 0 Å². The zero-order valence-corrected chi connectivity index (χ0v) is 22.1. The molecule has 4 aliphatic rings. The Kier molecular flexibility index (Phi) is 8.21. The van der Waals surface area contributed by atoms with Crippen LogP contribution in [0.25, 0.3) is 0 Å². The number of allylic oxidation sites excluding steroid dienone is 3. The Morgan fingerprint density at radius 2 is 1.68 bits per heavy atom. The van der Waals surface area contributed by atoms with Crippen molar-refractivity contribution in [2.24, 2.45) is 40.4 Å². The second-order valence-corrected chi connectivity index (χ2v) is 12.0. The number of hydrogen-bond donors (Lipinski definition) is 0. The minimum atomic E-state index is 0.404. The van der Waals surface area contributed by atoms with E-state index in [-0.39, 0.29) is 0 Å². The monoisotopic (exact) mass is 428 g/mol. The van der Waals surface area contributed by atoms with Gasteiger partial charge >= 0.3 is 0 Å². The molecule has 0 spiro atoms. The first-order chi connectivity index (χ1) is 14.8. The molecule has 1 nitrogen and oxygen atoms in total. The van der Waals surface area contributed by atoms with Crippen molar-refractivity contribution in [3.05, 3.63) is 23.3 Å². The number of ether oxygens (including phenoxy) is 1. The Balaban J connectivity index is 0.00000132. The number of fused-ring (bicyclic) bond motifs is 5. The molecule has 1 heteroatoms. The molecule has 3 saturated carbocycles. The predicted molar refractivity (Wildman–Crippen MR) is 135 cm³/mol. The lowest BCUT2D eigenvalue weighted by Crippen LogP contribution is -2.46. The summed E-state index contributed by atoms with van der Waals surface area (Å²) in [5.41, 5.74) is 4.48. The van der Waals surface area contributed by atoms with E-state index in [1.807, 2.05) is 26.5 Å². The highest BCUT2D eigenvalue weighted by Gasteiger charge is 2.56. The molecule has 31 heavy (non-hydrogen) atoms. The third kappa shape index (κ3) is 4.60. The summed E-state index contributed by atoms with van der Waals surface area (Å²) in [5.74, 6) is 4.32.